The van der Waals surface area contributed by atoms with Crippen molar-refractivity contribution in [2.45, 2.75) is 36.6 Å². The van der Waals surface area contributed by atoms with E-state index in [-0.39, 0.29) is 0 Å². The molecule has 0 saturated carbocycles. The van der Waals surface area contributed by atoms with Crippen molar-refractivity contribution in [1.29, 1.82) is 0 Å². The highest BCUT2D eigenvalue weighted by Gasteiger charge is 2.47. The Labute approximate surface area is 90.3 Å². The van der Waals surface area contributed by atoms with Gasteiger partial charge in [-0.25, -0.2) is 4.79 Å². The highest BCUT2D eigenvalue weighted by Crippen LogP contribution is 2.23. The van der Waals surface area contributed by atoms with E-state index in [9.17, 15) is 25.2 Å². The lowest BCUT2D eigenvalue weighted by molar-refractivity contribution is -0.249. The Morgan fingerprint density at radius 1 is 1.19 bits per heavy atom. The maximum Gasteiger partial charge on any atom is 0.335 e. The predicted molar refractivity (Wildman–Crippen MR) is 47.4 cm³/mol. The summed E-state index contributed by atoms with van der Waals surface area (Å²) in [5, 5.41) is 54.6. The molecule has 0 bridgehead atoms. The molecule has 0 aromatic rings. The van der Waals surface area contributed by atoms with Crippen molar-refractivity contribution >= 4 is 5.97 Å². The summed E-state index contributed by atoms with van der Waals surface area (Å²) < 4.78 is 4.81. The molecule has 16 heavy (non-hydrogen) atoms. The number of carbonyl (C=O) groups is 1. The Hall–Kier alpha value is -0.770. The van der Waals surface area contributed by atoms with E-state index in [2.05, 4.69) is 0 Å². The molecule has 1 fully saturated rings. The summed E-state index contributed by atoms with van der Waals surface area (Å²) in [6, 6.07) is 0. The second kappa shape index (κ2) is 5.04. The smallest absolute Gasteiger partial charge is 0.335 e. The molecule has 8 nitrogen and oxygen atoms in total. The summed E-state index contributed by atoms with van der Waals surface area (Å²) >= 11 is 0. The number of ether oxygens (including phenoxy) is 1. The molecular formula is C8H14O8. The molecule has 0 spiro atoms. The van der Waals surface area contributed by atoms with Crippen LogP contribution in [-0.2, 0) is 9.53 Å². The zero-order chi connectivity index (χ0) is 12.5. The Morgan fingerprint density at radius 2 is 1.75 bits per heavy atom. The number of hydrogen-bond acceptors (Lipinski definition) is 7. The molecule has 0 amide bonds. The van der Waals surface area contributed by atoms with Crippen molar-refractivity contribution in [3.63, 3.8) is 0 Å². The van der Waals surface area contributed by atoms with Crippen molar-refractivity contribution in [2.24, 2.45) is 0 Å². The lowest BCUT2D eigenvalue weighted by Gasteiger charge is -2.40. The maximum atomic E-state index is 10.5. The van der Waals surface area contributed by atoms with Crippen LogP contribution < -0.4 is 0 Å². The van der Waals surface area contributed by atoms with Gasteiger partial charge in [0.1, 0.15) is 30.5 Å². The van der Waals surface area contributed by atoms with E-state index < -0.39 is 49.2 Å². The van der Waals surface area contributed by atoms with Crippen molar-refractivity contribution in [1.82, 2.24) is 0 Å². The molecule has 1 rings (SSSR count). The first-order valence-corrected chi connectivity index (χ1v) is 4.61. The summed E-state index contributed by atoms with van der Waals surface area (Å²) in [6.45, 7) is -0.673. The average molecular weight is 238 g/mol. The van der Waals surface area contributed by atoms with Crippen LogP contribution in [0, 0.1) is 0 Å². The van der Waals surface area contributed by atoms with E-state index in [0.717, 1.165) is 0 Å². The number of carboxylic acid groups (broad SMARTS) is 1. The van der Waals surface area contributed by atoms with Crippen LogP contribution in [0.4, 0.5) is 0 Å². The number of rotatable bonds is 3. The van der Waals surface area contributed by atoms with Crippen LogP contribution in [0.2, 0.25) is 0 Å². The third-order valence-corrected chi connectivity index (χ3v) is 2.49. The van der Waals surface area contributed by atoms with Crippen LogP contribution >= 0.6 is 0 Å². The quantitative estimate of drug-likeness (QED) is 0.294. The standard InChI is InChI=1S/C8H14O8/c9-1-2-3(10)4(11)5(12)7(16-2)6(13)8(14)15/h2-7,9-13H,1H2,(H,14,15)/t2-,3+,4+,5-,6?,7-/m1/s1. The number of aliphatic hydroxyl groups is 5. The van der Waals surface area contributed by atoms with E-state index in [4.69, 9.17) is 14.9 Å². The van der Waals surface area contributed by atoms with Gasteiger partial charge in [-0.3, -0.25) is 0 Å². The van der Waals surface area contributed by atoms with Gasteiger partial charge < -0.3 is 35.4 Å². The van der Waals surface area contributed by atoms with Crippen LogP contribution in [-0.4, -0.2) is 79.8 Å². The Kier molecular flexibility index (Phi) is 4.19. The average Bonchev–Trinajstić information content (AvgIpc) is 2.25. The maximum absolute atomic E-state index is 10.5. The Morgan fingerprint density at radius 3 is 2.19 bits per heavy atom. The zero-order valence-electron chi connectivity index (χ0n) is 8.17. The van der Waals surface area contributed by atoms with Gasteiger partial charge in [0.15, 0.2) is 6.10 Å². The van der Waals surface area contributed by atoms with Crippen LogP contribution in [0.5, 0.6) is 0 Å². The minimum Gasteiger partial charge on any atom is -0.479 e. The van der Waals surface area contributed by atoms with Crippen molar-refractivity contribution in [2.75, 3.05) is 6.61 Å². The summed E-state index contributed by atoms with van der Waals surface area (Å²) in [5.41, 5.74) is 0. The molecule has 0 aliphatic carbocycles. The molecule has 94 valence electrons. The third kappa shape index (κ3) is 2.32. The molecule has 1 saturated heterocycles. The molecule has 0 radical (unpaired) electrons. The SMILES string of the molecule is O=C(O)C(O)[C@@H]1O[C@H](CO)[C@H](O)[C@H](O)[C@H]1O. The molecule has 0 aromatic heterocycles. The van der Waals surface area contributed by atoms with Gasteiger partial charge in [-0.15, -0.1) is 0 Å². The second-order valence-corrected chi connectivity index (χ2v) is 3.58. The highest BCUT2D eigenvalue weighted by atomic mass is 16.6. The number of aliphatic hydroxyl groups excluding tert-OH is 5. The van der Waals surface area contributed by atoms with Crippen LogP contribution in [0.15, 0.2) is 0 Å². The van der Waals surface area contributed by atoms with Gasteiger partial charge in [0.25, 0.3) is 0 Å². The number of hydrogen-bond donors (Lipinski definition) is 6. The molecule has 0 aromatic carbocycles. The molecular weight excluding hydrogens is 224 g/mol. The first-order valence-electron chi connectivity index (χ1n) is 4.61. The van der Waals surface area contributed by atoms with Crippen LogP contribution in [0.1, 0.15) is 0 Å². The van der Waals surface area contributed by atoms with Crippen molar-refractivity contribution < 1.29 is 40.2 Å². The first kappa shape index (κ1) is 13.3. The van der Waals surface area contributed by atoms with Gasteiger partial charge in [-0.05, 0) is 0 Å². The molecule has 1 unspecified atom stereocenters. The largest absolute Gasteiger partial charge is 0.479 e. The summed E-state index contributed by atoms with van der Waals surface area (Å²) in [7, 11) is 0. The summed E-state index contributed by atoms with van der Waals surface area (Å²) in [6.07, 6.45) is -9.89. The van der Waals surface area contributed by atoms with Crippen LogP contribution in [0.3, 0.4) is 0 Å². The monoisotopic (exact) mass is 238 g/mol. The lowest BCUT2D eigenvalue weighted by atomic mass is 9.92. The Balaban J connectivity index is 2.82. The fourth-order valence-corrected chi connectivity index (χ4v) is 1.53. The zero-order valence-corrected chi connectivity index (χ0v) is 8.17. The lowest BCUT2D eigenvalue weighted by Crippen LogP contribution is -2.62. The minimum atomic E-state index is -2.05. The Bertz CT molecular complexity index is 254. The molecule has 1 aliphatic rings. The van der Waals surface area contributed by atoms with E-state index >= 15 is 0 Å². The normalized spacial score (nSPS) is 41.7. The predicted octanol–water partition coefficient (Wildman–Crippen LogP) is -3.73. The van der Waals surface area contributed by atoms with Gasteiger partial charge in [0, 0.05) is 0 Å². The first-order chi connectivity index (χ1) is 7.40. The van der Waals surface area contributed by atoms with E-state index in [0.29, 0.717) is 0 Å². The minimum absolute atomic E-state index is 0.673. The molecule has 6 N–H and O–H groups in total. The van der Waals surface area contributed by atoms with E-state index in [1.54, 1.807) is 0 Å². The van der Waals surface area contributed by atoms with Gasteiger partial charge in [-0.1, -0.05) is 0 Å². The molecule has 6 atom stereocenters. The fourth-order valence-electron chi connectivity index (χ4n) is 1.53. The van der Waals surface area contributed by atoms with Crippen molar-refractivity contribution in [3.8, 4) is 0 Å². The van der Waals surface area contributed by atoms with Gasteiger partial charge >= 0.3 is 5.97 Å². The summed E-state index contributed by atoms with van der Waals surface area (Å²) in [5.74, 6) is -1.63. The van der Waals surface area contributed by atoms with Crippen molar-refractivity contribution in [3.05, 3.63) is 0 Å². The van der Waals surface area contributed by atoms with Gasteiger partial charge in [0.2, 0.25) is 0 Å². The number of aliphatic carboxylic acids is 1. The number of carboxylic acids is 1. The van der Waals surface area contributed by atoms with E-state index in [1.165, 1.54) is 0 Å². The highest BCUT2D eigenvalue weighted by molar-refractivity contribution is 5.72. The summed E-state index contributed by atoms with van der Waals surface area (Å²) in [4.78, 5) is 10.5. The molecule has 1 aliphatic heterocycles. The molecule has 8 heteroatoms. The third-order valence-electron chi connectivity index (χ3n) is 2.49. The second-order valence-electron chi connectivity index (χ2n) is 3.58. The van der Waals surface area contributed by atoms with Crippen LogP contribution in [0.25, 0.3) is 0 Å². The fraction of sp³-hybridized carbons (Fsp3) is 0.875. The van der Waals surface area contributed by atoms with E-state index in [1.807, 2.05) is 0 Å². The van der Waals surface area contributed by atoms with Gasteiger partial charge in [-0.2, -0.15) is 0 Å². The topological polar surface area (TPSA) is 148 Å². The van der Waals surface area contributed by atoms with Gasteiger partial charge in [0.05, 0.1) is 6.61 Å². The molecule has 1 heterocycles.